The first-order valence-electron chi connectivity index (χ1n) is 4.06. The molecule has 13 heavy (non-hydrogen) atoms. The first kappa shape index (κ1) is 10.9. The van der Waals surface area contributed by atoms with Crippen molar-refractivity contribution in [2.45, 2.75) is 13.3 Å². The summed E-state index contributed by atoms with van der Waals surface area (Å²) in [4.78, 5) is 11.5. The molecule has 1 nitrogen and oxygen atoms in total. The Bertz CT molecular complexity index is 321. The first-order valence-corrected chi connectivity index (χ1v) is 5.98. The molecule has 1 rings (SSSR count). The molecule has 70 valence electrons. The molecule has 0 spiro atoms. The largest absolute Gasteiger partial charge is 0.293 e. The fraction of sp³-hybridized carbons (Fsp3) is 0.300. The van der Waals surface area contributed by atoms with Gasteiger partial charge in [-0.1, -0.05) is 44.8 Å². The van der Waals surface area contributed by atoms with E-state index < -0.39 is 0 Å². The summed E-state index contributed by atoms with van der Waals surface area (Å²) >= 11 is 6.53. The molecular formula is C10H10Br2O. The van der Waals surface area contributed by atoms with Crippen LogP contribution in [-0.4, -0.2) is 11.1 Å². The average Bonchev–Trinajstić information content (AvgIpc) is 2.16. The zero-order chi connectivity index (χ0) is 9.84. The van der Waals surface area contributed by atoms with Crippen LogP contribution in [0.4, 0.5) is 0 Å². The van der Waals surface area contributed by atoms with Gasteiger partial charge in [-0.3, -0.25) is 4.79 Å². The van der Waals surface area contributed by atoms with Crippen molar-refractivity contribution in [3.05, 3.63) is 33.8 Å². The molecule has 0 bridgehead atoms. The molecule has 0 saturated heterocycles. The molecule has 0 saturated carbocycles. The minimum atomic E-state index is 0.137. The number of alkyl halides is 1. The van der Waals surface area contributed by atoms with Crippen molar-refractivity contribution in [3.63, 3.8) is 0 Å². The van der Waals surface area contributed by atoms with Gasteiger partial charge in [-0.15, -0.1) is 0 Å². The Kier molecular flexibility index (Phi) is 4.13. The normalized spacial score (nSPS) is 10.1. The van der Waals surface area contributed by atoms with Gasteiger partial charge in [0.25, 0.3) is 0 Å². The summed E-state index contributed by atoms with van der Waals surface area (Å²) in [6.45, 7) is 2.05. The van der Waals surface area contributed by atoms with E-state index in [1.807, 2.05) is 25.1 Å². The number of benzene rings is 1. The number of rotatable bonds is 3. The molecule has 0 aromatic heterocycles. The highest BCUT2D eigenvalue weighted by atomic mass is 79.9. The number of carbonyl (C=O) groups excluding carboxylic acids is 1. The van der Waals surface area contributed by atoms with Gasteiger partial charge in [0.05, 0.1) is 5.33 Å². The Labute approximate surface area is 94.8 Å². The maximum atomic E-state index is 11.5. The smallest absolute Gasteiger partial charge is 0.173 e. The van der Waals surface area contributed by atoms with Crippen LogP contribution < -0.4 is 0 Å². The third-order valence-corrected chi connectivity index (χ3v) is 2.88. The third-order valence-electron chi connectivity index (χ3n) is 1.87. The fourth-order valence-electron chi connectivity index (χ4n) is 1.19. The van der Waals surface area contributed by atoms with Gasteiger partial charge in [-0.25, -0.2) is 0 Å². The van der Waals surface area contributed by atoms with Gasteiger partial charge < -0.3 is 0 Å². The van der Waals surface area contributed by atoms with Gasteiger partial charge in [0, 0.05) is 10.0 Å². The van der Waals surface area contributed by atoms with Crippen LogP contribution in [0.25, 0.3) is 0 Å². The molecule has 0 atom stereocenters. The van der Waals surface area contributed by atoms with E-state index in [0.717, 1.165) is 22.0 Å². The standard InChI is InChI=1S/C10H10Br2O/c1-2-7-3-4-8(12)5-9(7)10(13)6-11/h3-5H,2,6H2,1H3. The minimum absolute atomic E-state index is 0.137. The average molecular weight is 306 g/mol. The molecule has 0 N–H and O–H groups in total. The maximum Gasteiger partial charge on any atom is 0.173 e. The van der Waals surface area contributed by atoms with Gasteiger partial charge in [-0.2, -0.15) is 0 Å². The van der Waals surface area contributed by atoms with Crippen LogP contribution in [0.15, 0.2) is 22.7 Å². The number of ketones is 1. The molecule has 0 aliphatic carbocycles. The zero-order valence-corrected chi connectivity index (χ0v) is 10.5. The number of aryl methyl sites for hydroxylation is 1. The fourth-order valence-corrected chi connectivity index (χ4v) is 1.85. The van der Waals surface area contributed by atoms with Gasteiger partial charge in [0.1, 0.15) is 0 Å². The van der Waals surface area contributed by atoms with E-state index in [1.165, 1.54) is 0 Å². The molecule has 0 aliphatic heterocycles. The summed E-state index contributed by atoms with van der Waals surface area (Å²) in [5, 5.41) is 0.385. The van der Waals surface area contributed by atoms with Crippen LogP contribution >= 0.6 is 31.9 Å². The Morgan fingerprint density at radius 2 is 2.15 bits per heavy atom. The van der Waals surface area contributed by atoms with Crippen molar-refractivity contribution < 1.29 is 4.79 Å². The lowest BCUT2D eigenvalue weighted by atomic mass is 10.0. The van der Waals surface area contributed by atoms with Crippen LogP contribution in [0, 0.1) is 0 Å². The molecule has 1 aromatic rings. The lowest BCUT2D eigenvalue weighted by Crippen LogP contribution is -2.04. The van der Waals surface area contributed by atoms with Crippen molar-refractivity contribution >= 4 is 37.6 Å². The number of carbonyl (C=O) groups is 1. The van der Waals surface area contributed by atoms with Crippen molar-refractivity contribution in [1.29, 1.82) is 0 Å². The molecule has 1 aromatic carbocycles. The second-order valence-corrected chi connectivity index (χ2v) is 4.19. The Balaban J connectivity index is 3.15. The molecule has 0 unspecified atom stereocenters. The molecule has 0 fully saturated rings. The Hall–Kier alpha value is -0.150. The molecule has 0 heterocycles. The number of Topliss-reactive ketones (excluding diaryl/α,β-unsaturated/α-hetero) is 1. The lowest BCUT2D eigenvalue weighted by Gasteiger charge is -2.05. The summed E-state index contributed by atoms with van der Waals surface area (Å²) < 4.78 is 0.953. The van der Waals surface area contributed by atoms with Crippen LogP contribution in [0.2, 0.25) is 0 Å². The van der Waals surface area contributed by atoms with Crippen molar-refractivity contribution in [1.82, 2.24) is 0 Å². The second-order valence-electron chi connectivity index (χ2n) is 2.71. The summed E-state index contributed by atoms with van der Waals surface area (Å²) in [6.07, 6.45) is 0.890. The second kappa shape index (κ2) is 4.91. The first-order chi connectivity index (χ1) is 6.19. The van der Waals surface area contributed by atoms with E-state index in [9.17, 15) is 4.79 Å². The van der Waals surface area contributed by atoms with Gasteiger partial charge >= 0.3 is 0 Å². The number of halogens is 2. The topological polar surface area (TPSA) is 17.1 Å². The Morgan fingerprint density at radius 3 is 2.69 bits per heavy atom. The molecular weight excluding hydrogens is 296 g/mol. The maximum absolute atomic E-state index is 11.5. The molecule has 3 heteroatoms. The predicted molar refractivity (Wildman–Crippen MR) is 61.6 cm³/mol. The molecule has 0 radical (unpaired) electrons. The molecule has 0 amide bonds. The summed E-state index contributed by atoms with van der Waals surface area (Å²) in [7, 11) is 0. The van der Waals surface area contributed by atoms with Crippen molar-refractivity contribution in [3.8, 4) is 0 Å². The SMILES string of the molecule is CCc1ccc(Br)cc1C(=O)CBr. The minimum Gasteiger partial charge on any atom is -0.293 e. The highest BCUT2D eigenvalue weighted by Crippen LogP contribution is 2.18. The Morgan fingerprint density at radius 1 is 1.46 bits per heavy atom. The lowest BCUT2D eigenvalue weighted by molar-refractivity contribution is 0.102. The van der Waals surface area contributed by atoms with Gasteiger partial charge in [0.2, 0.25) is 0 Å². The quantitative estimate of drug-likeness (QED) is 0.616. The predicted octanol–water partition coefficient (Wildman–Crippen LogP) is 3.59. The van der Waals surface area contributed by atoms with Crippen molar-refractivity contribution in [2.75, 3.05) is 5.33 Å². The van der Waals surface area contributed by atoms with Crippen LogP contribution in [-0.2, 0) is 6.42 Å². The van der Waals surface area contributed by atoms with Gasteiger partial charge in [-0.05, 0) is 24.1 Å². The van der Waals surface area contributed by atoms with Crippen molar-refractivity contribution in [2.24, 2.45) is 0 Å². The van der Waals surface area contributed by atoms with E-state index >= 15 is 0 Å². The summed E-state index contributed by atoms with van der Waals surface area (Å²) in [5.41, 5.74) is 1.92. The molecule has 0 aliphatic rings. The van der Waals surface area contributed by atoms with Crippen LogP contribution in [0.5, 0.6) is 0 Å². The monoisotopic (exact) mass is 304 g/mol. The van der Waals surface area contributed by atoms with E-state index in [4.69, 9.17) is 0 Å². The van der Waals surface area contributed by atoms with E-state index in [-0.39, 0.29) is 5.78 Å². The van der Waals surface area contributed by atoms with E-state index in [2.05, 4.69) is 31.9 Å². The number of hydrogen-bond acceptors (Lipinski definition) is 1. The third kappa shape index (κ3) is 2.64. The summed E-state index contributed by atoms with van der Waals surface area (Å²) in [6, 6.07) is 5.83. The van der Waals surface area contributed by atoms with Crippen LogP contribution in [0.1, 0.15) is 22.8 Å². The van der Waals surface area contributed by atoms with Gasteiger partial charge in [0.15, 0.2) is 5.78 Å². The van der Waals surface area contributed by atoms with E-state index in [0.29, 0.717) is 5.33 Å². The van der Waals surface area contributed by atoms with E-state index in [1.54, 1.807) is 0 Å². The highest BCUT2D eigenvalue weighted by Gasteiger charge is 2.08. The highest BCUT2D eigenvalue weighted by molar-refractivity contribution is 9.10. The zero-order valence-electron chi connectivity index (χ0n) is 7.31. The summed E-state index contributed by atoms with van der Waals surface area (Å²) in [5.74, 6) is 0.137. The van der Waals surface area contributed by atoms with Crippen LogP contribution in [0.3, 0.4) is 0 Å². The number of hydrogen-bond donors (Lipinski definition) is 0.